The number of nitrogens with one attached hydrogen (secondary N) is 1. The first kappa shape index (κ1) is 11.2. The Morgan fingerprint density at radius 2 is 2.29 bits per heavy atom. The summed E-state index contributed by atoms with van der Waals surface area (Å²) < 4.78 is 1.06. The largest absolute Gasteiger partial charge is 0.342 e. The van der Waals surface area contributed by atoms with Crippen LogP contribution >= 0.6 is 15.9 Å². The highest BCUT2D eigenvalue weighted by Gasteiger charge is 2.29. The number of hydrogen-bond donors (Lipinski definition) is 2. The molecule has 0 bridgehead atoms. The van der Waals surface area contributed by atoms with E-state index in [0.29, 0.717) is 11.8 Å². The molecule has 4 heteroatoms. The van der Waals surface area contributed by atoms with E-state index in [9.17, 15) is 0 Å². The summed E-state index contributed by atoms with van der Waals surface area (Å²) in [5, 5.41) is 0. The molecule has 2 aromatic rings. The number of hydrogen-bond acceptors (Lipinski definition) is 2. The van der Waals surface area contributed by atoms with Crippen molar-refractivity contribution in [2.24, 2.45) is 11.7 Å². The minimum atomic E-state index is 0.513. The fraction of sp³-hybridized carbons (Fsp3) is 0.462. The van der Waals surface area contributed by atoms with Gasteiger partial charge in [-0.15, -0.1) is 0 Å². The van der Waals surface area contributed by atoms with Crippen molar-refractivity contribution in [2.45, 2.75) is 25.2 Å². The van der Waals surface area contributed by atoms with E-state index in [1.807, 2.05) is 12.1 Å². The van der Waals surface area contributed by atoms with Crippen LogP contribution in [0.3, 0.4) is 0 Å². The van der Waals surface area contributed by atoms with E-state index in [-0.39, 0.29) is 0 Å². The second-order valence-electron chi connectivity index (χ2n) is 4.79. The van der Waals surface area contributed by atoms with Crippen molar-refractivity contribution in [3.8, 4) is 0 Å². The van der Waals surface area contributed by atoms with Crippen molar-refractivity contribution in [1.29, 1.82) is 0 Å². The van der Waals surface area contributed by atoms with E-state index in [1.54, 1.807) is 0 Å². The Hall–Kier alpha value is -0.870. The zero-order chi connectivity index (χ0) is 11.8. The van der Waals surface area contributed by atoms with Crippen molar-refractivity contribution in [1.82, 2.24) is 9.97 Å². The summed E-state index contributed by atoms with van der Waals surface area (Å²) in [4.78, 5) is 8.18. The molecule has 1 aliphatic rings. The number of nitrogens with two attached hydrogens (primary N) is 1. The van der Waals surface area contributed by atoms with Gasteiger partial charge in [-0.05, 0) is 53.4 Å². The molecule has 3 nitrogen and oxygen atoms in total. The van der Waals surface area contributed by atoms with Crippen LogP contribution < -0.4 is 5.73 Å². The summed E-state index contributed by atoms with van der Waals surface area (Å²) in [5.41, 5.74) is 7.98. The Bertz CT molecular complexity index is 534. The molecule has 0 amide bonds. The number of halogens is 1. The number of fused-ring (bicyclic) bond motifs is 1. The van der Waals surface area contributed by atoms with Crippen LogP contribution in [0.5, 0.6) is 0 Å². The highest BCUT2D eigenvalue weighted by Crippen LogP contribution is 2.38. The summed E-state index contributed by atoms with van der Waals surface area (Å²) in [5.74, 6) is 2.22. The van der Waals surface area contributed by atoms with Crippen LogP contribution in [0.25, 0.3) is 11.0 Å². The first-order valence-electron chi connectivity index (χ1n) is 6.14. The predicted octanol–water partition coefficient (Wildman–Crippen LogP) is 3.17. The smallest absolute Gasteiger partial charge is 0.110 e. The van der Waals surface area contributed by atoms with Crippen LogP contribution in [0.4, 0.5) is 0 Å². The van der Waals surface area contributed by atoms with Gasteiger partial charge < -0.3 is 10.7 Å². The molecule has 1 aromatic carbocycles. The summed E-state index contributed by atoms with van der Waals surface area (Å²) in [7, 11) is 0. The molecule has 1 fully saturated rings. The monoisotopic (exact) mass is 293 g/mol. The maximum absolute atomic E-state index is 5.83. The second kappa shape index (κ2) is 4.42. The first-order valence-corrected chi connectivity index (χ1v) is 6.93. The molecular weight excluding hydrogens is 278 g/mol. The number of H-pyrrole nitrogens is 1. The fourth-order valence-corrected chi connectivity index (χ4v) is 3.33. The van der Waals surface area contributed by atoms with E-state index >= 15 is 0 Å². The van der Waals surface area contributed by atoms with Crippen LogP contribution in [-0.4, -0.2) is 16.5 Å². The Kier molecular flexibility index (Phi) is 2.92. The average molecular weight is 294 g/mol. The summed E-state index contributed by atoms with van der Waals surface area (Å²) in [6, 6.07) is 6.13. The maximum atomic E-state index is 5.83. The molecule has 0 saturated heterocycles. The highest BCUT2D eigenvalue weighted by atomic mass is 79.9. The van der Waals surface area contributed by atoms with Gasteiger partial charge in [0.1, 0.15) is 11.3 Å². The molecule has 0 aliphatic heterocycles. The van der Waals surface area contributed by atoms with Crippen molar-refractivity contribution in [3.63, 3.8) is 0 Å². The van der Waals surface area contributed by atoms with Crippen molar-refractivity contribution in [3.05, 3.63) is 28.5 Å². The molecule has 3 N–H and O–H groups in total. The molecule has 1 aliphatic carbocycles. The molecule has 2 atom stereocenters. The SMILES string of the molecule is NCC1CCCC1c1nc2c(Br)cccc2[nH]1. The van der Waals surface area contributed by atoms with Gasteiger partial charge in [0.2, 0.25) is 0 Å². The quantitative estimate of drug-likeness (QED) is 0.894. The lowest BCUT2D eigenvalue weighted by atomic mass is 9.96. The third-order valence-electron chi connectivity index (χ3n) is 3.79. The Balaban J connectivity index is 2.03. The van der Waals surface area contributed by atoms with E-state index in [2.05, 4.69) is 27.0 Å². The average Bonchev–Trinajstić information content (AvgIpc) is 2.94. The Morgan fingerprint density at radius 3 is 3.06 bits per heavy atom. The van der Waals surface area contributed by atoms with Gasteiger partial charge in [0.05, 0.1) is 5.52 Å². The fourth-order valence-electron chi connectivity index (χ4n) is 2.87. The molecule has 90 valence electrons. The van der Waals surface area contributed by atoms with Gasteiger partial charge in [0.15, 0.2) is 0 Å². The first-order chi connectivity index (χ1) is 8.29. The molecule has 2 unspecified atom stereocenters. The number of benzene rings is 1. The minimum absolute atomic E-state index is 0.513. The Labute approximate surface area is 109 Å². The van der Waals surface area contributed by atoms with Crippen molar-refractivity contribution >= 4 is 27.0 Å². The number of nitrogens with zero attached hydrogens (tertiary/aromatic N) is 1. The second-order valence-corrected chi connectivity index (χ2v) is 5.65. The number of imidazole rings is 1. The minimum Gasteiger partial charge on any atom is -0.342 e. The Morgan fingerprint density at radius 1 is 1.41 bits per heavy atom. The van der Waals surface area contributed by atoms with Crippen molar-refractivity contribution in [2.75, 3.05) is 6.54 Å². The topological polar surface area (TPSA) is 54.7 Å². The van der Waals surface area contributed by atoms with Crippen LogP contribution in [0.1, 0.15) is 31.0 Å². The standard InChI is InChI=1S/C13H16BrN3/c14-10-5-2-6-11-12(10)17-13(16-11)9-4-1-3-8(9)7-15/h2,5-6,8-9H,1,3-4,7,15H2,(H,16,17). The predicted molar refractivity (Wildman–Crippen MR) is 72.9 cm³/mol. The molecular formula is C13H16BrN3. The van der Waals surface area contributed by atoms with Crippen LogP contribution in [0.15, 0.2) is 22.7 Å². The molecule has 1 aromatic heterocycles. The van der Waals surface area contributed by atoms with E-state index in [4.69, 9.17) is 10.7 Å². The maximum Gasteiger partial charge on any atom is 0.110 e. The molecule has 0 radical (unpaired) electrons. The van der Waals surface area contributed by atoms with Gasteiger partial charge in [0.25, 0.3) is 0 Å². The molecule has 1 heterocycles. The van der Waals surface area contributed by atoms with Crippen molar-refractivity contribution < 1.29 is 0 Å². The lowest BCUT2D eigenvalue weighted by Crippen LogP contribution is -2.17. The molecule has 17 heavy (non-hydrogen) atoms. The van der Waals surface area contributed by atoms with Gasteiger partial charge in [0, 0.05) is 10.4 Å². The normalized spacial score (nSPS) is 24.6. The van der Waals surface area contributed by atoms with E-state index in [0.717, 1.165) is 27.9 Å². The zero-order valence-corrected chi connectivity index (χ0v) is 11.2. The van der Waals surface area contributed by atoms with Gasteiger partial charge in [-0.1, -0.05) is 12.5 Å². The summed E-state index contributed by atoms with van der Waals surface area (Å²) in [6.45, 7) is 0.767. The van der Waals surface area contributed by atoms with Gasteiger partial charge in [-0.2, -0.15) is 0 Å². The third kappa shape index (κ3) is 1.89. The third-order valence-corrected chi connectivity index (χ3v) is 4.43. The zero-order valence-electron chi connectivity index (χ0n) is 9.62. The molecule has 1 saturated carbocycles. The van der Waals surface area contributed by atoms with Gasteiger partial charge >= 0.3 is 0 Å². The van der Waals surface area contributed by atoms with E-state index < -0.39 is 0 Å². The lowest BCUT2D eigenvalue weighted by molar-refractivity contribution is 0.481. The van der Waals surface area contributed by atoms with Crippen LogP contribution in [0, 0.1) is 5.92 Å². The summed E-state index contributed by atoms with van der Waals surface area (Å²) >= 11 is 3.54. The number of aromatic nitrogens is 2. The lowest BCUT2D eigenvalue weighted by Gasteiger charge is -2.14. The number of aromatic amines is 1. The number of rotatable bonds is 2. The van der Waals surface area contributed by atoms with Crippen LogP contribution in [0.2, 0.25) is 0 Å². The van der Waals surface area contributed by atoms with Gasteiger partial charge in [-0.3, -0.25) is 0 Å². The highest BCUT2D eigenvalue weighted by molar-refractivity contribution is 9.10. The van der Waals surface area contributed by atoms with E-state index in [1.165, 1.54) is 19.3 Å². The van der Waals surface area contributed by atoms with Crippen LogP contribution in [-0.2, 0) is 0 Å². The molecule has 3 rings (SSSR count). The summed E-state index contributed by atoms with van der Waals surface area (Å²) in [6.07, 6.45) is 3.71. The number of para-hydroxylation sites is 1. The van der Waals surface area contributed by atoms with Gasteiger partial charge in [-0.25, -0.2) is 4.98 Å². The molecule has 0 spiro atoms.